The maximum Gasteiger partial charge on any atom is 0.339 e. The van der Waals surface area contributed by atoms with Gasteiger partial charge in [-0.2, -0.15) is 0 Å². The summed E-state index contributed by atoms with van der Waals surface area (Å²) in [6, 6.07) is 5.23. The van der Waals surface area contributed by atoms with Crippen LogP contribution in [0.15, 0.2) is 33.4 Å². The minimum Gasteiger partial charge on any atom is -0.478 e. The zero-order valence-electron chi connectivity index (χ0n) is 6.45. The molecule has 0 radical (unpaired) electrons. The van der Waals surface area contributed by atoms with Crippen LogP contribution in [0.25, 0.3) is 11.0 Å². The van der Waals surface area contributed by atoms with Crippen LogP contribution in [0, 0.1) is 0 Å². The molecule has 1 N–H and O–H groups in total. The molecule has 66 valence electrons. The Morgan fingerprint density at radius 2 is 2.23 bits per heavy atom. The summed E-state index contributed by atoms with van der Waals surface area (Å²) in [4.78, 5) is 10.7. The van der Waals surface area contributed by atoms with E-state index in [9.17, 15) is 4.79 Å². The highest BCUT2D eigenvalue weighted by Crippen LogP contribution is 2.24. The lowest BCUT2D eigenvalue weighted by Gasteiger charge is -1.90. The van der Waals surface area contributed by atoms with E-state index < -0.39 is 5.97 Å². The lowest BCUT2D eigenvalue weighted by Crippen LogP contribution is -1.92. The van der Waals surface area contributed by atoms with Gasteiger partial charge in [0, 0.05) is 9.86 Å². The van der Waals surface area contributed by atoms with Crippen LogP contribution < -0.4 is 0 Å². The van der Waals surface area contributed by atoms with Crippen molar-refractivity contribution in [1.82, 2.24) is 0 Å². The standard InChI is InChI=1S/C9H5BrO3/c10-5-1-2-6-7(9(11)12)4-13-8(6)3-5/h1-4H,(H,11,12). The van der Waals surface area contributed by atoms with E-state index in [0.29, 0.717) is 11.0 Å². The van der Waals surface area contributed by atoms with Crippen molar-refractivity contribution in [2.75, 3.05) is 0 Å². The van der Waals surface area contributed by atoms with Crippen LogP contribution in [0.3, 0.4) is 0 Å². The predicted octanol–water partition coefficient (Wildman–Crippen LogP) is 2.89. The second kappa shape index (κ2) is 2.88. The van der Waals surface area contributed by atoms with E-state index in [4.69, 9.17) is 9.52 Å². The Labute approximate surface area is 82.1 Å². The Hall–Kier alpha value is -1.29. The number of aromatic carboxylic acids is 1. The Morgan fingerprint density at radius 3 is 2.92 bits per heavy atom. The van der Waals surface area contributed by atoms with Gasteiger partial charge in [0.25, 0.3) is 0 Å². The third kappa shape index (κ3) is 1.33. The number of carboxylic acids is 1. The molecule has 3 nitrogen and oxygen atoms in total. The number of rotatable bonds is 1. The molecule has 4 heteroatoms. The first-order valence-electron chi connectivity index (χ1n) is 3.58. The number of benzene rings is 1. The van der Waals surface area contributed by atoms with Crippen molar-refractivity contribution in [2.24, 2.45) is 0 Å². The summed E-state index contributed by atoms with van der Waals surface area (Å²) in [6.07, 6.45) is 1.25. The quantitative estimate of drug-likeness (QED) is 0.834. The molecule has 0 fully saturated rings. The second-order valence-corrected chi connectivity index (χ2v) is 3.51. The van der Waals surface area contributed by atoms with E-state index >= 15 is 0 Å². The number of hydrogen-bond acceptors (Lipinski definition) is 2. The number of furan rings is 1. The van der Waals surface area contributed by atoms with Crippen LogP contribution in [0.2, 0.25) is 0 Å². The van der Waals surface area contributed by atoms with Crippen LogP contribution in [-0.2, 0) is 0 Å². The van der Waals surface area contributed by atoms with Gasteiger partial charge >= 0.3 is 5.97 Å². The number of carbonyl (C=O) groups is 1. The molecule has 0 atom stereocenters. The van der Waals surface area contributed by atoms with Crippen LogP contribution in [0.4, 0.5) is 0 Å². The highest BCUT2D eigenvalue weighted by Gasteiger charge is 2.11. The summed E-state index contributed by atoms with van der Waals surface area (Å²) in [5, 5.41) is 9.39. The van der Waals surface area contributed by atoms with Crippen molar-refractivity contribution < 1.29 is 14.3 Å². The number of carboxylic acid groups (broad SMARTS) is 1. The lowest BCUT2D eigenvalue weighted by molar-refractivity contribution is 0.0698. The van der Waals surface area contributed by atoms with Gasteiger partial charge in [0.15, 0.2) is 0 Å². The van der Waals surface area contributed by atoms with Crippen molar-refractivity contribution in [3.8, 4) is 0 Å². The summed E-state index contributed by atoms with van der Waals surface area (Å²) in [5.74, 6) is -0.971. The Bertz CT molecular complexity index is 473. The predicted molar refractivity (Wildman–Crippen MR) is 50.9 cm³/mol. The average Bonchev–Trinajstić information content (AvgIpc) is 2.46. The van der Waals surface area contributed by atoms with E-state index in [0.717, 1.165) is 4.47 Å². The summed E-state index contributed by atoms with van der Waals surface area (Å²) >= 11 is 3.27. The van der Waals surface area contributed by atoms with E-state index in [-0.39, 0.29) is 5.56 Å². The molecular weight excluding hydrogens is 236 g/mol. The van der Waals surface area contributed by atoms with Crippen LogP contribution in [0.5, 0.6) is 0 Å². The van der Waals surface area contributed by atoms with Gasteiger partial charge in [0.05, 0.1) is 0 Å². The third-order valence-electron chi connectivity index (χ3n) is 1.77. The summed E-state index contributed by atoms with van der Waals surface area (Å²) in [5.41, 5.74) is 0.772. The molecule has 2 rings (SSSR count). The maximum atomic E-state index is 10.7. The SMILES string of the molecule is O=C(O)c1coc2cc(Br)ccc12. The Kier molecular flexibility index (Phi) is 1.84. The van der Waals surface area contributed by atoms with Gasteiger partial charge in [-0.05, 0) is 18.2 Å². The zero-order valence-corrected chi connectivity index (χ0v) is 8.04. The number of fused-ring (bicyclic) bond motifs is 1. The summed E-state index contributed by atoms with van der Waals surface area (Å²) < 4.78 is 5.95. The smallest absolute Gasteiger partial charge is 0.339 e. The maximum absolute atomic E-state index is 10.7. The van der Waals surface area contributed by atoms with E-state index in [1.54, 1.807) is 18.2 Å². The first kappa shape index (κ1) is 8.31. The minimum atomic E-state index is -0.971. The average molecular weight is 241 g/mol. The molecule has 0 spiro atoms. The molecule has 0 saturated heterocycles. The molecule has 0 saturated carbocycles. The lowest BCUT2D eigenvalue weighted by atomic mass is 10.2. The van der Waals surface area contributed by atoms with Gasteiger partial charge in [-0.25, -0.2) is 4.79 Å². The second-order valence-electron chi connectivity index (χ2n) is 2.60. The largest absolute Gasteiger partial charge is 0.478 e. The molecule has 0 aliphatic heterocycles. The van der Waals surface area contributed by atoms with Gasteiger partial charge in [0.2, 0.25) is 0 Å². The van der Waals surface area contributed by atoms with Gasteiger partial charge in [-0.3, -0.25) is 0 Å². The fourth-order valence-corrected chi connectivity index (χ4v) is 1.51. The Balaban J connectivity index is 2.76. The first-order valence-corrected chi connectivity index (χ1v) is 4.38. The number of hydrogen-bond donors (Lipinski definition) is 1. The van der Waals surface area contributed by atoms with Crippen molar-refractivity contribution in [2.45, 2.75) is 0 Å². The van der Waals surface area contributed by atoms with Crippen LogP contribution >= 0.6 is 15.9 Å². The molecule has 1 aromatic carbocycles. The summed E-state index contributed by atoms with van der Waals surface area (Å²) in [7, 11) is 0. The topological polar surface area (TPSA) is 50.4 Å². The molecule has 0 unspecified atom stereocenters. The monoisotopic (exact) mass is 240 g/mol. The van der Waals surface area contributed by atoms with Crippen LogP contribution in [-0.4, -0.2) is 11.1 Å². The number of halogens is 1. The van der Waals surface area contributed by atoms with Gasteiger partial charge < -0.3 is 9.52 Å². The van der Waals surface area contributed by atoms with Crippen LogP contribution in [0.1, 0.15) is 10.4 Å². The molecule has 1 aromatic heterocycles. The van der Waals surface area contributed by atoms with Gasteiger partial charge in [-0.1, -0.05) is 15.9 Å². The van der Waals surface area contributed by atoms with Crippen molar-refractivity contribution in [1.29, 1.82) is 0 Å². The molecule has 2 aromatic rings. The highest BCUT2D eigenvalue weighted by atomic mass is 79.9. The molecular formula is C9H5BrO3. The van der Waals surface area contributed by atoms with E-state index in [1.165, 1.54) is 6.26 Å². The molecule has 0 bridgehead atoms. The molecule has 0 aliphatic rings. The van der Waals surface area contributed by atoms with Gasteiger partial charge in [-0.15, -0.1) is 0 Å². The van der Waals surface area contributed by atoms with Gasteiger partial charge in [0.1, 0.15) is 17.4 Å². The molecule has 13 heavy (non-hydrogen) atoms. The summed E-state index contributed by atoms with van der Waals surface area (Å²) in [6.45, 7) is 0. The van der Waals surface area contributed by atoms with Crippen molar-refractivity contribution in [3.63, 3.8) is 0 Å². The molecule has 1 heterocycles. The van der Waals surface area contributed by atoms with Crippen molar-refractivity contribution in [3.05, 3.63) is 34.5 Å². The Morgan fingerprint density at radius 1 is 1.46 bits per heavy atom. The minimum absolute atomic E-state index is 0.197. The van der Waals surface area contributed by atoms with E-state index in [1.807, 2.05) is 0 Å². The molecule has 0 amide bonds. The fourth-order valence-electron chi connectivity index (χ4n) is 1.17. The highest BCUT2D eigenvalue weighted by molar-refractivity contribution is 9.10. The first-order chi connectivity index (χ1) is 6.18. The van der Waals surface area contributed by atoms with E-state index in [2.05, 4.69) is 15.9 Å². The van der Waals surface area contributed by atoms with Crippen molar-refractivity contribution >= 4 is 32.9 Å². The molecule has 0 aliphatic carbocycles. The normalized spacial score (nSPS) is 10.5. The zero-order chi connectivity index (χ0) is 9.42. The third-order valence-corrected chi connectivity index (χ3v) is 2.26. The fraction of sp³-hybridized carbons (Fsp3) is 0.